The molecule has 7 heteroatoms. The minimum absolute atomic E-state index is 0.0232. The first-order valence-electron chi connectivity index (χ1n) is 6.04. The third kappa shape index (κ3) is 2.96. The molecule has 0 saturated heterocycles. The van der Waals surface area contributed by atoms with E-state index in [-0.39, 0.29) is 16.2 Å². The standard InChI is InChI=1S/C14H13ClN2O3S/c1-8(18)11-12(9-4-6-10(15)7-5-9)16-17(2)14(19)13(11)21(3)20/h4-7H,1-3H3. The molecule has 0 amide bonds. The van der Waals surface area contributed by atoms with Crippen molar-refractivity contribution in [2.24, 2.45) is 7.05 Å². The quantitative estimate of drug-likeness (QED) is 0.810. The van der Waals surface area contributed by atoms with Crippen LogP contribution >= 0.6 is 11.6 Å². The molecule has 0 aliphatic carbocycles. The van der Waals surface area contributed by atoms with Crippen LogP contribution in [-0.2, 0) is 17.8 Å². The maximum Gasteiger partial charge on any atom is 0.283 e. The van der Waals surface area contributed by atoms with Crippen LogP contribution in [-0.4, -0.2) is 26.0 Å². The van der Waals surface area contributed by atoms with Crippen molar-refractivity contribution < 1.29 is 9.00 Å². The van der Waals surface area contributed by atoms with Gasteiger partial charge in [0.1, 0.15) is 10.6 Å². The summed E-state index contributed by atoms with van der Waals surface area (Å²) in [7, 11) is -0.131. The Morgan fingerprint density at radius 3 is 2.33 bits per heavy atom. The zero-order valence-electron chi connectivity index (χ0n) is 11.7. The maximum atomic E-state index is 12.1. The summed E-state index contributed by atoms with van der Waals surface area (Å²) in [5, 5.41) is 4.69. The Morgan fingerprint density at radius 2 is 1.86 bits per heavy atom. The molecule has 0 saturated carbocycles. The highest BCUT2D eigenvalue weighted by molar-refractivity contribution is 7.84. The summed E-state index contributed by atoms with van der Waals surface area (Å²) in [6, 6.07) is 6.72. The van der Waals surface area contributed by atoms with Crippen molar-refractivity contribution in [1.29, 1.82) is 0 Å². The van der Waals surface area contributed by atoms with Crippen LogP contribution in [0.25, 0.3) is 11.3 Å². The lowest BCUT2D eigenvalue weighted by molar-refractivity contribution is 0.101. The van der Waals surface area contributed by atoms with Crippen LogP contribution in [0, 0.1) is 0 Å². The number of carbonyl (C=O) groups is 1. The largest absolute Gasteiger partial charge is 0.294 e. The first-order chi connectivity index (χ1) is 9.82. The third-order valence-corrected chi connectivity index (χ3v) is 4.16. The predicted octanol–water partition coefficient (Wildman–Crippen LogP) is 2.04. The van der Waals surface area contributed by atoms with E-state index >= 15 is 0 Å². The molecular formula is C14H13ClN2O3S. The van der Waals surface area contributed by atoms with E-state index in [0.29, 0.717) is 16.3 Å². The molecule has 2 aromatic rings. The van der Waals surface area contributed by atoms with Gasteiger partial charge in [-0.2, -0.15) is 5.10 Å². The lowest BCUT2D eigenvalue weighted by atomic mass is 10.0. The Balaban J connectivity index is 2.89. The fourth-order valence-corrected chi connectivity index (χ4v) is 3.04. The predicted molar refractivity (Wildman–Crippen MR) is 82.3 cm³/mol. The first kappa shape index (κ1) is 15.6. The van der Waals surface area contributed by atoms with Crippen LogP contribution in [0.15, 0.2) is 34.0 Å². The number of nitrogens with zero attached hydrogens (tertiary/aromatic N) is 2. The number of hydrogen-bond acceptors (Lipinski definition) is 4. The zero-order valence-corrected chi connectivity index (χ0v) is 13.3. The van der Waals surface area contributed by atoms with E-state index in [9.17, 15) is 13.8 Å². The van der Waals surface area contributed by atoms with E-state index in [1.807, 2.05) is 0 Å². The van der Waals surface area contributed by atoms with Gasteiger partial charge in [0.2, 0.25) is 0 Å². The Hall–Kier alpha value is -1.79. The molecule has 0 bridgehead atoms. The summed E-state index contributed by atoms with van der Waals surface area (Å²) in [4.78, 5) is 24.0. The van der Waals surface area contributed by atoms with Crippen LogP contribution in [0.2, 0.25) is 5.02 Å². The van der Waals surface area contributed by atoms with E-state index in [1.165, 1.54) is 20.2 Å². The van der Waals surface area contributed by atoms with Crippen molar-refractivity contribution in [3.05, 3.63) is 45.2 Å². The molecular weight excluding hydrogens is 312 g/mol. The molecule has 0 aliphatic heterocycles. The van der Waals surface area contributed by atoms with Gasteiger partial charge in [0.05, 0.1) is 16.4 Å². The summed E-state index contributed by atoms with van der Waals surface area (Å²) >= 11 is 5.85. The average Bonchev–Trinajstić information content (AvgIpc) is 2.41. The monoisotopic (exact) mass is 324 g/mol. The van der Waals surface area contributed by atoms with Gasteiger partial charge in [-0.1, -0.05) is 23.7 Å². The number of carbonyl (C=O) groups excluding carboxylic acids is 1. The van der Waals surface area contributed by atoms with Gasteiger partial charge in [-0.15, -0.1) is 0 Å². The molecule has 0 fully saturated rings. The minimum atomic E-state index is -1.59. The molecule has 1 atom stereocenters. The SMILES string of the molecule is CC(=O)c1c(-c2ccc(Cl)cc2)nn(C)c(=O)c1S(C)=O. The molecule has 0 spiro atoms. The van der Waals surface area contributed by atoms with E-state index in [1.54, 1.807) is 24.3 Å². The van der Waals surface area contributed by atoms with Crippen molar-refractivity contribution in [1.82, 2.24) is 9.78 Å². The molecule has 2 rings (SSSR count). The second-order valence-corrected chi connectivity index (χ2v) is 6.25. The van der Waals surface area contributed by atoms with Crippen LogP contribution < -0.4 is 5.56 Å². The third-order valence-electron chi connectivity index (χ3n) is 2.96. The Bertz CT molecular complexity index is 797. The van der Waals surface area contributed by atoms with Crippen molar-refractivity contribution in [2.75, 3.05) is 6.26 Å². The van der Waals surface area contributed by atoms with Gasteiger partial charge in [-0.25, -0.2) is 4.68 Å². The van der Waals surface area contributed by atoms with Gasteiger partial charge in [0.15, 0.2) is 5.78 Å². The van der Waals surface area contributed by atoms with Gasteiger partial charge >= 0.3 is 0 Å². The Morgan fingerprint density at radius 1 is 1.29 bits per heavy atom. The van der Waals surface area contributed by atoms with Gasteiger partial charge < -0.3 is 0 Å². The highest BCUT2D eigenvalue weighted by Gasteiger charge is 2.23. The molecule has 110 valence electrons. The molecule has 1 unspecified atom stereocenters. The van der Waals surface area contributed by atoms with Crippen molar-refractivity contribution >= 4 is 28.2 Å². The van der Waals surface area contributed by atoms with Crippen molar-refractivity contribution in [3.63, 3.8) is 0 Å². The smallest absolute Gasteiger partial charge is 0.283 e. The highest BCUT2D eigenvalue weighted by atomic mass is 35.5. The molecule has 0 aliphatic rings. The summed E-state index contributed by atoms with van der Waals surface area (Å²) in [5.74, 6) is -0.352. The number of Topliss-reactive ketones (excluding diaryl/α,β-unsaturated/α-hetero) is 1. The van der Waals surface area contributed by atoms with Crippen LogP contribution in [0.4, 0.5) is 0 Å². The number of hydrogen-bond donors (Lipinski definition) is 0. The summed E-state index contributed by atoms with van der Waals surface area (Å²) in [6.45, 7) is 1.33. The fraction of sp³-hybridized carbons (Fsp3) is 0.214. The van der Waals surface area contributed by atoms with Crippen molar-refractivity contribution in [3.8, 4) is 11.3 Å². The molecule has 1 aromatic carbocycles. The fourth-order valence-electron chi connectivity index (χ4n) is 2.01. The zero-order chi connectivity index (χ0) is 15.7. The van der Waals surface area contributed by atoms with Gasteiger partial charge in [0, 0.05) is 23.9 Å². The number of halogens is 1. The number of benzene rings is 1. The van der Waals surface area contributed by atoms with Gasteiger partial charge in [-0.3, -0.25) is 13.8 Å². The second-order valence-electron chi connectivity index (χ2n) is 4.50. The molecule has 0 radical (unpaired) electrons. The van der Waals surface area contributed by atoms with Crippen LogP contribution in [0.3, 0.4) is 0 Å². The number of ketones is 1. The molecule has 1 aromatic heterocycles. The normalized spacial score (nSPS) is 12.2. The van der Waals surface area contributed by atoms with E-state index < -0.39 is 16.4 Å². The average molecular weight is 325 g/mol. The lowest BCUT2D eigenvalue weighted by Crippen LogP contribution is -2.28. The van der Waals surface area contributed by atoms with E-state index in [2.05, 4.69) is 5.10 Å². The number of aromatic nitrogens is 2. The highest BCUT2D eigenvalue weighted by Crippen LogP contribution is 2.25. The molecule has 1 heterocycles. The van der Waals surface area contributed by atoms with Crippen LogP contribution in [0.1, 0.15) is 17.3 Å². The second kappa shape index (κ2) is 5.91. The minimum Gasteiger partial charge on any atom is -0.294 e. The molecule has 5 nitrogen and oxygen atoms in total. The molecule has 21 heavy (non-hydrogen) atoms. The van der Waals surface area contributed by atoms with Crippen LogP contribution in [0.5, 0.6) is 0 Å². The summed E-state index contributed by atoms with van der Waals surface area (Å²) in [5.41, 5.74) is 0.526. The number of rotatable bonds is 3. The topological polar surface area (TPSA) is 69.0 Å². The number of aryl methyl sites for hydroxylation is 1. The van der Waals surface area contributed by atoms with E-state index in [4.69, 9.17) is 11.6 Å². The Kier molecular flexibility index (Phi) is 4.39. The molecule has 0 N–H and O–H groups in total. The van der Waals surface area contributed by atoms with Gasteiger partial charge in [0.25, 0.3) is 5.56 Å². The Labute approximate surface area is 129 Å². The summed E-state index contributed by atoms with van der Waals surface area (Å²) in [6.07, 6.45) is 1.37. The van der Waals surface area contributed by atoms with Gasteiger partial charge in [-0.05, 0) is 19.1 Å². The lowest BCUT2D eigenvalue weighted by Gasteiger charge is -2.12. The van der Waals surface area contributed by atoms with Crippen molar-refractivity contribution in [2.45, 2.75) is 11.8 Å². The maximum absolute atomic E-state index is 12.1. The summed E-state index contributed by atoms with van der Waals surface area (Å²) < 4.78 is 13.0. The first-order valence-corrected chi connectivity index (χ1v) is 7.98. The van der Waals surface area contributed by atoms with E-state index in [0.717, 1.165) is 4.68 Å².